The van der Waals surface area contributed by atoms with Gasteiger partial charge in [-0.15, -0.1) is 0 Å². The molecule has 0 saturated carbocycles. The number of aromatic nitrogens is 2. The number of ketones is 1. The first-order valence-electron chi connectivity index (χ1n) is 8.39. The average Bonchev–Trinajstić information content (AvgIpc) is 3.09. The second-order valence-corrected chi connectivity index (χ2v) is 6.25. The third-order valence-electron chi connectivity index (χ3n) is 4.65. The van der Waals surface area contributed by atoms with Crippen molar-refractivity contribution in [1.29, 1.82) is 0 Å². The Hall–Kier alpha value is -2.58. The molecule has 1 aromatic carbocycles. The number of carbonyl (C=O) groups excluding carboxylic acids is 1. The van der Waals surface area contributed by atoms with Gasteiger partial charge in [0, 0.05) is 12.0 Å². The molecule has 1 aliphatic rings. The van der Waals surface area contributed by atoms with E-state index in [-0.39, 0.29) is 13.0 Å². The van der Waals surface area contributed by atoms with Crippen LogP contribution in [0, 0.1) is 5.82 Å². The number of aliphatic hydroxyl groups is 1. The standard InChI is InChI=1S/C18H20FN3O4/c1-2-11-3-5-12(6-4-11)15(24)18(8-7-13(10-23)26-18)22-9-14(19)16(20)21-17(22)25/h3-6,9,13,23H,2,7-8,10H2,1H3,(H2,20,21,25)/t13-,18-/m0/s1. The lowest BCUT2D eigenvalue weighted by atomic mass is 9.96. The van der Waals surface area contributed by atoms with Crippen molar-refractivity contribution in [2.75, 3.05) is 12.3 Å². The Bertz CT molecular complexity index is 881. The minimum absolute atomic E-state index is 0.109. The maximum atomic E-state index is 14.0. The zero-order valence-corrected chi connectivity index (χ0v) is 14.3. The highest BCUT2D eigenvalue weighted by atomic mass is 19.1. The molecule has 2 heterocycles. The Morgan fingerprint density at radius 2 is 2.15 bits per heavy atom. The molecule has 1 saturated heterocycles. The quantitative estimate of drug-likeness (QED) is 0.776. The Labute approximate surface area is 149 Å². The van der Waals surface area contributed by atoms with E-state index in [4.69, 9.17) is 10.5 Å². The third-order valence-corrected chi connectivity index (χ3v) is 4.65. The van der Waals surface area contributed by atoms with Crippen LogP contribution < -0.4 is 11.4 Å². The van der Waals surface area contributed by atoms with Crippen molar-refractivity contribution in [3.05, 3.63) is 57.9 Å². The molecule has 1 aromatic heterocycles. The van der Waals surface area contributed by atoms with Gasteiger partial charge in [0.25, 0.3) is 0 Å². The van der Waals surface area contributed by atoms with Gasteiger partial charge in [0.1, 0.15) is 0 Å². The van der Waals surface area contributed by atoms with E-state index in [0.29, 0.717) is 12.0 Å². The number of hydrogen-bond acceptors (Lipinski definition) is 6. The zero-order chi connectivity index (χ0) is 18.9. The molecular formula is C18H20FN3O4. The number of nitrogens with zero attached hydrogens (tertiary/aromatic N) is 2. The van der Waals surface area contributed by atoms with Gasteiger partial charge in [-0.2, -0.15) is 4.98 Å². The predicted octanol–water partition coefficient (Wildman–Crippen LogP) is 1.23. The summed E-state index contributed by atoms with van der Waals surface area (Å²) in [5.41, 5.74) is 4.06. The summed E-state index contributed by atoms with van der Waals surface area (Å²) in [7, 11) is 0. The number of nitrogens with two attached hydrogens (primary N) is 1. The van der Waals surface area contributed by atoms with Crippen LogP contribution in [-0.4, -0.2) is 33.2 Å². The summed E-state index contributed by atoms with van der Waals surface area (Å²) in [6.45, 7) is 1.68. The van der Waals surface area contributed by atoms with Gasteiger partial charge in [-0.25, -0.2) is 9.18 Å². The first-order valence-corrected chi connectivity index (χ1v) is 8.39. The van der Waals surface area contributed by atoms with Crippen LogP contribution in [-0.2, 0) is 16.9 Å². The van der Waals surface area contributed by atoms with E-state index in [1.165, 1.54) is 0 Å². The summed E-state index contributed by atoms with van der Waals surface area (Å²) in [6, 6.07) is 6.91. The number of aryl methyl sites for hydroxylation is 1. The van der Waals surface area contributed by atoms with Crippen molar-refractivity contribution in [2.45, 2.75) is 38.0 Å². The van der Waals surface area contributed by atoms with Crippen LogP contribution in [0.4, 0.5) is 10.2 Å². The lowest BCUT2D eigenvalue weighted by Gasteiger charge is -2.30. The van der Waals surface area contributed by atoms with Gasteiger partial charge in [-0.05, 0) is 18.4 Å². The topological polar surface area (TPSA) is 107 Å². The molecule has 7 nitrogen and oxygen atoms in total. The van der Waals surface area contributed by atoms with Gasteiger partial charge >= 0.3 is 5.69 Å². The van der Waals surface area contributed by atoms with Crippen molar-refractivity contribution < 1.29 is 19.0 Å². The molecule has 2 atom stereocenters. The van der Waals surface area contributed by atoms with Crippen LogP contribution >= 0.6 is 0 Å². The molecule has 26 heavy (non-hydrogen) atoms. The van der Waals surface area contributed by atoms with Crippen LogP contribution in [0.15, 0.2) is 35.3 Å². The Morgan fingerprint density at radius 3 is 2.73 bits per heavy atom. The first-order chi connectivity index (χ1) is 12.4. The van der Waals surface area contributed by atoms with E-state index in [2.05, 4.69) is 4.98 Å². The largest absolute Gasteiger partial charge is 0.394 e. The molecular weight excluding hydrogens is 341 g/mol. The average molecular weight is 361 g/mol. The molecule has 1 aliphatic heterocycles. The lowest BCUT2D eigenvalue weighted by molar-refractivity contribution is -0.0857. The number of benzene rings is 1. The number of nitrogen functional groups attached to an aromatic ring is 1. The number of anilines is 1. The van der Waals surface area contributed by atoms with Gasteiger partial charge in [-0.3, -0.25) is 9.36 Å². The SMILES string of the molecule is CCc1ccc(C(=O)[C@]2(n3cc(F)c(N)nc3=O)CC[C@@H](CO)O2)cc1. The molecule has 3 N–H and O–H groups in total. The minimum Gasteiger partial charge on any atom is -0.394 e. The zero-order valence-electron chi connectivity index (χ0n) is 14.3. The number of carbonyl (C=O) groups is 1. The van der Waals surface area contributed by atoms with Gasteiger partial charge in [-0.1, -0.05) is 31.2 Å². The summed E-state index contributed by atoms with van der Waals surface area (Å²) in [5, 5.41) is 9.40. The highest BCUT2D eigenvalue weighted by Crippen LogP contribution is 2.37. The summed E-state index contributed by atoms with van der Waals surface area (Å²) in [6.07, 6.45) is 1.46. The van der Waals surface area contributed by atoms with Gasteiger partial charge in [0.15, 0.2) is 11.6 Å². The highest BCUT2D eigenvalue weighted by molar-refractivity contribution is 6.01. The fourth-order valence-electron chi connectivity index (χ4n) is 3.15. The molecule has 138 valence electrons. The van der Waals surface area contributed by atoms with Crippen LogP contribution in [0.3, 0.4) is 0 Å². The van der Waals surface area contributed by atoms with Gasteiger partial charge in [0.05, 0.1) is 18.9 Å². The van der Waals surface area contributed by atoms with Crippen LogP contribution in [0.25, 0.3) is 0 Å². The van der Waals surface area contributed by atoms with E-state index in [1.54, 1.807) is 12.1 Å². The monoisotopic (exact) mass is 361 g/mol. The fraction of sp³-hybridized carbons (Fsp3) is 0.389. The smallest absolute Gasteiger partial charge is 0.352 e. The van der Waals surface area contributed by atoms with E-state index >= 15 is 0 Å². The fourth-order valence-corrected chi connectivity index (χ4v) is 3.15. The Kier molecular flexibility index (Phi) is 4.88. The molecule has 1 fully saturated rings. The lowest BCUT2D eigenvalue weighted by Crippen LogP contribution is -2.48. The Morgan fingerprint density at radius 1 is 1.46 bits per heavy atom. The second-order valence-electron chi connectivity index (χ2n) is 6.25. The summed E-state index contributed by atoms with van der Waals surface area (Å²) in [4.78, 5) is 29.0. The molecule has 0 unspecified atom stereocenters. The van der Waals surface area contributed by atoms with E-state index in [0.717, 1.165) is 22.7 Å². The van der Waals surface area contributed by atoms with Crippen molar-refractivity contribution in [1.82, 2.24) is 9.55 Å². The van der Waals surface area contributed by atoms with Crippen molar-refractivity contribution >= 4 is 11.6 Å². The van der Waals surface area contributed by atoms with Crippen molar-refractivity contribution in [3.63, 3.8) is 0 Å². The van der Waals surface area contributed by atoms with Gasteiger partial charge in [0.2, 0.25) is 11.5 Å². The molecule has 3 rings (SSSR count). The molecule has 0 spiro atoms. The number of hydrogen-bond donors (Lipinski definition) is 2. The molecule has 0 amide bonds. The summed E-state index contributed by atoms with van der Waals surface area (Å²) >= 11 is 0. The van der Waals surface area contributed by atoms with E-state index in [9.17, 15) is 19.1 Å². The number of Topliss-reactive ketones (excluding diaryl/α,β-unsaturated/α-hetero) is 1. The van der Waals surface area contributed by atoms with Gasteiger partial charge < -0.3 is 15.6 Å². The molecule has 0 aliphatic carbocycles. The van der Waals surface area contributed by atoms with E-state index < -0.39 is 34.9 Å². The third kappa shape index (κ3) is 3.02. The molecule has 0 radical (unpaired) electrons. The normalized spacial score (nSPS) is 22.5. The number of halogens is 1. The van der Waals surface area contributed by atoms with Crippen LogP contribution in [0.5, 0.6) is 0 Å². The van der Waals surface area contributed by atoms with Crippen LogP contribution in [0.1, 0.15) is 35.7 Å². The maximum absolute atomic E-state index is 14.0. The number of aliphatic hydroxyl groups excluding tert-OH is 1. The predicted molar refractivity (Wildman–Crippen MR) is 92.2 cm³/mol. The van der Waals surface area contributed by atoms with Crippen molar-refractivity contribution in [2.24, 2.45) is 0 Å². The molecule has 8 heteroatoms. The summed E-state index contributed by atoms with van der Waals surface area (Å²) < 4.78 is 20.5. The Balaban J connectivity index is 2.12. The number of ether oxygens (including phenoxy) is 1. The first kappa shape index (κ1) is 18.2. The molecule has 0 bridgehead atoms. The molecule has 2 aromatic rings. The van der Waals surface area contributed by atoms with Crippen LogP contribution in [0.2, 0.25) is 0 Å². The second kappa shape index (κ2) is 6.97. The van der Waals surface area contributed by atoms with Crippen molar-refractivity contribution in [3.8, 4) is 0 Å². The minimum atomic E-state index is -1.76. The number of rotatable bonds is 5. The highest BCUT2D eigenvalue weighted by Gasteiger charge is 2.49. The van der Waals surface area contributed by atoms with E-state index in [1.807, 2.05) is 19.1 Å². The maximum Gasteiger partial charge on any atom is 0.352 e. The summed E-state index contributed by atoms with van der Waals surface area (Å²) in [5.74, 6) is -1.96.